The van der Waals surface area contributed by atoms with Gasteiger partial charge in [-0.15, -0.1) is 0 Å². The van der Waals surface area contributed by atoms with Crippen LogP contribution in [0.4, 0.5) is 5.82 Å². The van der Waals surface area contributed by atoms with Crippen molar-refractivity contribution in [2.45, 2.75) is 46.1 Å². The Balaban J connectivity index is 2.09. The van der Waals surface area contributed by atoms with Crippen molar-refractivity contribution in [2.75, 3.05) is 12.4 Å². The van der Waals surface area contributed by atoms with Crippen molar-refractivity contribution < 1.29 is 4.74 Å². The van der Waals surface area contributed by atoms with E-state index in [-0.39, 0.29) is 6.10 Å². The standard InChI is InChI=1S/C15H25N3O/c1-10(2)12-6-5-11(3)7-13(12)19-15-9-17-8-14(16-4)18-15/h8-13H,5-7H2,1-4H3,(H,16,18). The predicted molar refractivity (Wildman–Crippen MR) is 77.3 cm³/mol. The van der Waals surface area contributed by atoms with Crippen molar-refractivity contribution in [2.24, 2.45) is 17.8 Å². The second kappa shape index (κ2) is 6.22. The van der Waals surface area contributed by atoms with E-state index in [0.29, 0.717) is 17.7 Å². The Kier molecular flexibility index (Phi) is 4.61. The van der Waals surface area contributed by atoms with Crippen LogP contribution in [0.15, 0.2) is 12.4 Å². The summed E-state index contributed by atoms with van der Waals surface area (Å²) in [5.41, 5.74) is 0. The van der Waals surface area contributed by atoms with Crippen LogP contribution in [0.3, 0.4) is 0 Å². The van der Waals surface area contributed by atoms with Crippen molar-refractivity contribution in [1.82, 2.24) is 9.97 Å². The van der Waals surface area contributed by atoms with E-state index >= 15 is 0 Å². The fourth-order valence-corrected chi connectivity index (χ4v) is 2.93. The van der Waals surface area contributed by atoms with Crippen LogP contribution < -0.4 is 10.1 Å². The SMILES string of the molecule is CNc1cncc(OC2CC(C)CCC2C(C)C)n1. The second-order valence-corrected chi connectivity index (χ2v) is 5.97. The summed E-state index contributed by atoms with van der Waals surface area (Å²) in [4.78, 5) is 8.57. The molecule has 1 fully saturated rings. The van der Waals surface area contributed by atoms with Gasteiger partial charge in [0.2, 0.25) is 5.88 Å². The fraction of sp³-hybridized carbons (Fsp3) is 0.733. The van der Waals surface area contributed by atoms with Crippen LogP contribution in [0.2, 0.25) is 0 Å². The molecule has 0 saturated heterocycles. The van der Waals surface area contributed by atoms with E-state index in [2.05, 4.69) is 36.1 Å². The van der Waals surface area contributed by atoms with Crippen LogP contribution in [0, 0.1) is 17.8 Å². The Morgan fingerprint density at radius 1 is 1.32 bits per heavy atom. The maximum Gasteiger partial charge on any atom is 0.234 e. The zero-order chi connectivity index (χ0) is 13.8. The van der Waals surface area contributed by atoms with E-state index in [1.807, 2.05) is 7.05 Å². The Labute approximate surface area is 116 Å². The van der Waals surface area contributed by atoms with Crippen LogP contribution in [0.5, 0.6) is 5.88 Å². The normalized spacial score (nSPS) is 27.3. The molecule has 0 aromatic carbocycles. The molecule has 0 spiro atoms. The summed E-state index contributed by atoms with van der Waals surface area (Å²) in [5.74, 6) is 3.40. The first-order valence-corrected chi connectivity index (χ1v) is 7.26. The average Bonchev–Trinajstić information content (AvgIpc) is 2.38. The monoisotopic (exact) mass is 263 g/mol. The first kappa shape index (κ1) is 14.1. The Morgan fingerprint density at radius 2 is 2.11 bits per heavy atom. The first-order valence-electron chi connectivity index (χ1n) is 7.26. The molecule has 4 heteroatoms. The molecule has 1 N–H and O–H groups in total. The molecule has 19 heavy (non-hydrogen) atoms. The number of ether oxygens (including phenoxy) is 1. The molecule has 0 aliphatic heterocycles. The summed E-state index contributed by atoms with van der Waals surface area (Å²) in [6.07, 6.45) is 7.36. The van der Waals surface area contributed by atoms with Gasteiger partial charge >= 0.3 is 0 Å². The molecule has 1 aliphatic rings. The van der Waals surface area contributed by atoms with Gasteiger partial charge in [-0.3, -0.25) is 4.98 Å². The van der Waals surface area contributed by atoms with Gasteiger partial charge in [0.1, 0.15) is 11.9 Å². The molecule has 4 nitrogen and oxygen atoms in total. The van der Waals surface area contributed by atoms with Crippen LogP contribution >= 0.6 is 0 Å². The zero-order valence-corrected chi connectivity index (χ0v) is 12.4. The fourth-order valence-electron chi connectivity index (χ4n) is 2.93. The minimum Gasteiger partial charge on any atom is -0.473 e. The molecule has 1 saturated carbocycles. The molecule has 0 bridgehead atoms. The van der Waals surface area contributed by atoms with Gasteiger partial charge in [0.05, 0.1) is 12.4 Å². The lowest BCUT2D eigenvalue weighted by molar-refractivity contribution is 0.0424. The molecule has 3 unspecified atom stereocenters. The van der Waals surface area contributed by atoms with Crippen molar-refractivity contribution >= 4 is 5.82 Å². The maximum atomic E-state index is 6.13. The minimum atomic E-state index is 0.269. The van der Waals surface area contributed by atoms with E-state index < -0.39 is 0 Å². The Hall–Kier alpha value is -1.32. The first-order chi connectivity index (χ1) is 9.10. The highest BCUT2D eigenvalue weighted by Gasteiger charge is 2.32. The van der Waals surface area contributed by atoms with Crippen molar-refractivity contribution in [3.63, 3.8) is 0 Å². The maximum absolute atomic E-state index is 6.13. The molecule has 1 heterocycles. The Bertz CT molecular complexity index is 408. The smallest absolute Gasteiger partial charge is 0.234 e. The highest BCUT2D eigenvalue weighted by atomic mass is 16.5. The molecular weight excluding hydrogens is 238 g/mol. The number of rotatable bonds is 4. The highest BCUT2D eigenvalue weighted by molar-refractivity contribution is 5.32. The van der Waals surface area contributed by atoms with Crippen LogP contribution in [-0.4, -0.2) is 23.1 Å². The lowest BCUT2D eigenvalue weighted by Crippen LogP contribution is -2.36. The van der Waals surface area contributed by atoms with Crippen LogP contribution in [0.25, 0.3) is 0 Å². The largest absolute Gasteiger partial charge is 0.473 e. The Morgan fingerprint density at radius 3 is 2.79 bits per heavy atom. The van der Waals surface area contributed by atoms with E-state index in [0.717, 1.165) is 18.2 Å². The summed E-state index contributed by atoms with van der Waals surface area (Å²) in [5, 5.41) is 2.99. The number of aromatic nitrogens is 2. The average molecular weight is 263 g/mol. The third-order valence-corrected chi connectivity index (χ3v) is 4.10. The molecule has 1 aliphatic carbocycles. The number of nitrogens with zero attached hydrogens (tertiary/aromatic N) is 2. The molecule has 3 atom stereocenters. The van der Waals surface area contributed by atoms with Gasteiger partial charge in [-0.05, 0) is 30.6 Å². The van der Waals surface area contributed by atoms with Gasteiger partial charge in [0.15, 0.2) is 0 Å². The predicted octanol–water partition coefficient (Wildman–Crippen LogP) is 3.36. The molecule has 106 valence electrons. The summed E-state index contributed by atoms with van der Waals surface area (Å²) in [6.45, 7) is 6.88. The quantitative estimate of drug-likeness (QED) is 0.905. The molecule has 0 radical (unpaired) electrons. The molecule has 2 rings (SSSR count). The lowest BCUT2D eigenvalue weighted by atomic mass is 9.75. The minimum absolute atomic E-state index is 0.269. The highest BCUT2D eigenvalue weighted by Crippen LogP contribution is 2.35. The number of hydrogen-bond donors (Lipinski definition) is 1. The lowest BCUT2D eigenvalue weighted by Gasteiger charge is -2.36. The van der Waals surface area contributed by atoms with Gasteiger partial charge < -0.3 is 10.1 Å². The summed E-state index contributed by atoms with van der Waals surface area (Å²) in [6, 6.07) is 0. The van der Waals surface area contributed by atoms with Gasteiger partial charge in [-0.25, -0.2) is 0 Å². The number of hydrogen-bond acceptors (Lipinski definition) is 4. The topological polar surface area (TPSA) is 47.0 Å². The summed E-state index contributed by atoms with van der Waals surface area (Å²) >= 11 is 0. The van der Waals surface area contributed by atoms with E-state index in [9.17, 15) is 0 Å². The third-order valence-electron chi connectivity index (χ3n) is 4.10. The van der Waals surface area contributed by atoms with Crippen LogP contribution in [-0.2, 0) is 0 Å². The van der Waals surface area contributed by atoms with E-state index in [1.54, 1.807) is 12.4 Å². The summed E-state index contributed by atoms with van der Waals surface area (Å²) in [7, 11) is 1.84. The molecule has 1 aromatic rings. The molecule has 0 amide bonds. The number of nitrogens with one attached hydrogen (secondary N) is 1. The van der Waals surface area contributed by atoms with Crippen molar-refractivity contribution in [3.8, 4) is 5.88 Å². The van der Waals surface area contributed by atoms with E-state index in [4.69, 9.17) is 4.74 Å². The van der Waals surface area contributed by atoms with Crippen molar-refractivity contribution in [1.29, 1.82) is 0 Å². The van der Waals surface area contributed by atoms with E-state index in [1.165, 1.54) is 12.8 Å². The summed E-state index contributed by atoms with van der Waals surface area (Å²) < 4.78 is 6.13. The van der Waals surface area contributed by atoms with Gasteiger partial charge in [-0.1, -0.05) is 27.2 Å². The van der Waals surface area contributed by atoms with Gasteiger partial charge in [-0.2, -0.15) is 4.98 Å². The third kappa shape index (κ3) is 3.58. The van der Waals surface area contributed by atoms with Gasteiger partial charge in [0.25, 0.3) is 0 Å². The molecule has 1 aromatic heterocycles. The number of anilines is 1. The van der Waals surface area contributed by atoms with Gasteiger partial charge in [0, 0.05) is 7.05 Å². The van der Waals surface area contributed by atoms with Crippen LogP contribution in [0.1, 0.15) is 40.0 Å². The zero-order valence-electron chi connectivity index (χ0n) is 12.4. The second-order valence-electron chi connectivity index (χ2n) is 5.97. The molecular formula is C15H25N3O. The van der Waals surface area contributed by atoms with Crippen molar-refractivity contribution in [3.05, 3.63) is 12.4 Å².